The first-order chi connectivity index (χ1) is 13.1. The van der Waals surface area contributed by atoms with Gasteiger partial charge in [0, 0.05) is 0 Å². The summed E-state index contributed by atoms with van der Waals surface area (Å²) < 4.78 is 218. The van der Waals surface area contributed by atoms with Gasteiger partial charge in [0.25, 0.3) is 0 Å². The Morgan fingerprint density at radius 2 is 0.968 bits per heavy atom. The molecule has 0 aromatic heterocycles. The monoisotopic (exact) mass is 510 g/mol. The molecule has 0 fully saturated rings. The Morgan fingerprint density at radius 3 is 1.23 bits per heavy atom. The second-order valence-corrected chi connectivity index (χ2v) is 4.97. The SMILES string of the molecule is NNC(=O)[C@@](F)(OC(F)(F)[C@](F)(OC(F)(F)C(F)(F)C(F)(F)F)C(F)(F)F)C(F)(F)F. The molecule has 0 rings (SSSR count). The molecule has 31 heavy (non-hydrogen) atoms. The van der Waals surface area contributed by atoms with Gasteiger partial charge in [-0.1, -0.05) is 0 Å². The van der Waals surface area contributed by atoms with Gasteiger partial charge in [-0.05, 0) is 0 Å². The lowest BCUT2D eigenvalue weighted by molar-refractivity contribution is -0.548. The molecule has 0 saturated carbocycles. The summed E-state index contributed by atoms with van der Waals surface area (Å²) in [4.78, 5) is 10.7. The van der Waals surface area contributed by atoms with E-state index in [-0.39, 0.29) is 5.43 Å². The molecule has 0 aromatic carbocycles. The molecule has 0 bridgehead atoms. The Bertz CT molecular complexity index is 669. The molecule has 0 unspecified atom stereocenters. The number of hydrazine groups is 1. The number of amides is 1. The molecule has 22 heteroatoms. The van der Waals surface area contributed by atoms with Crippen LogP contribution in [0.5, 0.6) is 0 Å². The summed E-state index contributed by atoms with van der Waals surface area (Å²) in [6.45, 7) is 0. The van der Waals surface area contributed by atoms with Crippen molar-refractivity contribution in [2.45, 2.75) is 48.4 Å². The molecule has 1 amide bonds. The van der Waals surface area contributed by atoms with Gasteiger partial charge in [-0.25, -0.2) is 5.84 Å². The van der Waals surface area contributed by atoms with Gasteiger partial charge in [0.1, 0.15) is 0 Å². The average molecular weight is 510 g/mol. The van der Waals surface area contributed by atoms with Crippen molar-refractivity contribution in [3.05, 3.63) is 0 Å². The number of rotatable bonds is 7. The topological polar surface area (TPSA) is 73.6 Å². The van der Waals surface area contributed by atoms with Crippen LogP contribution in [0, 0.1) is 0 Å². The fourth-order valence-electron chi connectivity index (χ4n) is 1.26. The summed E-state index contributed by atoms with van der Waals surface area (Å²) in [6.07, 6.45) is -38.5. The van der Waals surface area contributed by atoms with Crippen LogP contribution < -0.4 is 11.3 Å². The quantitative estimate of drug-likeness (QED) is 0.237. The predicted octanol–water partition coefficient (Wildman–Crippen LogP) is 3.85. The van der Waals surface area contributed by atoms with Gasteiger partial charge >= 0.3 is 54.3 Å². The zero-order valence-electron chi connectivity index (χ0n) is 13.2. The largest absolute Gasteiger partial charge is 0.462 e. The number of alkyl halides is 17. The third-order valence-electron chi connectivity index (χ3n) is 2.79. The number of ether oxygens (including phenoxy) is 2. The Labute approximate surface area is 156 Å². The molecule has 0 heterocycles. The Hall–Kier alpha value is -1.84. The van der Waals surface area contributed by atoms with Crippen LogP contribution in [0.1, 0.15) is 0 Å². The van der Waals surface area contributed by atoms with Crippen LogP contribution in [-0.2, 0) is 14.3 Å². The van der Waals surface area contributed by atoms with Crippen LogP contribution in [0.25, 0.3) is 0 Å². The number of hydrogen-bond acceptors (Lipinski definition) is 4. The molecule has 186 valence electrons. The molecule has 0 aromatic rings. The van der Waals surface area contributed by atoms with E-state index in [1.165, 1.54) is 4.74 Å². The predicted molar refractivity (Wildman–Crippen MR) is 55.2 cm³/mol. The molecule has 3 N–H and O–H groups in total. The van der Waals surface area contributed by atoms with E-state index in [0.29, 0.717) is 0 Å². The van der Waals surface area contributed by atoms with Gasteiger partial charge in [0.15, 0.2) is 0 Å². The van der Waals surface area contributed by atoms with Crippen molar-refractivity contribution in [2.24, 2.45) is 5.84 Å². The summed E-state index contributed by atoms with van der Waals surface area (Å²) in [5.41, 5.74) is 0.0636. The maximum Gasteiger partial charge on any atom is 0.462 e. The Morgan fingerprint density at radius 1 is 0.581 bits per heavy atom. The molecular weight excluding hydrogens is 507 g/mol. The Kier molecular flexibility index (Phi) is 7.18. The maximum atomic E-state index is 13.7. The minimum absolute atomic E-state index is 0.0636. The van der Waals surface area contributed by atoms with E-state index in [9.17, 15) is 79.4 Å². The summed E-state index contributed by atoms with van der Waals surface area (Å²) in [6, 6.07) is 0. The van der Waals surface area contributed by atoms with E-state index >= 15 is 0 Å². The highest BCUT2D eigenvalue weighted by Crippen LogP contribution is 2.56. The minimum Gasteiger partial charge on any atom is -0.289 e. The molecule has 0 aliphatic carbocycles. The lowest BCUT2D eigenvalue weighted by Gasteiger charge is -2.40. The van der Waals surface area contributed by atoms with Crippen LogP contribution in [0.2, 0.25) is 0 Å². The van der Waals surface area contributed by atoms with Crippen molar-refractivity contribution < 1.29 is 88.9 Å². The second kappa shape index (κ2) is 7.64. The van der Waals surface area contributed by atoms with E-state index in [0.717, 1.165) is 0 Å². The van der Waals surface area contributed by atoms with E-state index in [1.807, 2.05) is 0 Å². The number of hydrogen-bond donors (Lipinski definition) is 2. The smallest absolute Gasteiger partial charge is 0.289 e. The molecule has 0 radical (unpaired) electrons. The average Bonchev–Trinajstić information content (AvgIpc) is 2.49. The van der Waals surface area contributed by atoms with Crippen molar-refractivity contribution in [3.8, 4) is 0 Å². The lowest BCUT2D eigenvalue weighted by atomic mass is 10.2. The van der Waals surface area contributed by atoms with Gasteiger partial charge in [-0.15, -0.1) is 0 Å². The summed E-state index contributed by atoms with van der Waals surface area (Å²) in [5.74, 6) is -22.5. The van der Waals surface area contributed by atoms with E-state index in [2.05, 4.69) is 5.84 Å². The lowest BCUT2D eigenvalue weighted by Crippen LogP contribution is -2.69. The molecule has 0 spiro atoms. The highest BCUT2D eigenvalue weighted by atomic mass is 19.4. The third-order valence-corrected chi connectivity index (χ3v) is 2.79. The first-order valence-corrected chi connectivity index (χ1v) is 6.27. The zero-order chi connectivity index (χ0) is 25.7. The van der Waals surface area contributed by atoms with Gasteiger partial charge < -0.3 is 0 Å². The molecule has 5 nitrogen and oxygen atoms in total. The normalized spacial score (nSPS) is 18.9. The minimum atomic E-state index is -8.05. The number of carbonyl (C=O) groups excluding carboxylic acids is 1. The standard InChI is InChI=1S/C9H3F17N2O3/c10-2(1(29)28-27,5(14,15)16)30-9(25,26)4(13,7(20,21)22)31-8(23,24)3(11,12)6(17,18)19/h27H2,(H,28,29)/t2-,4-/m1/s1. The van der Waals surface area contributed by atoms with Gasteiger partial charge in [0.2, 0.25) is 0 Å². The van der Waals surface area contributed by atoms with Gasteiger partial charge in [-0.2, -0.15) is 74.6 Å². The van der Waals surface area contributed by atoms with Crippen molar-refractivity contribution in [1.82, 2.24) is 5.43 Å². The van der Waals surface area contributed by atoms with Crippen LogP contribution in [0.4, 0.5) is 74.6 Å². The second-order valence-electron chi connectivity index (χ2n) is 4.97. The fraction of sp³-hybridized carbons (Fsp3) is 0.889. The van der Waals surface area contributed by atoms with Crippen molar-refractivity contribution in [1.29, 1.82) is 0 Å². The molecule has 2 atom stereocenters. The highest BCUT2D eigenvalue weighted by molar-refractivity contribution is 5.83. The van der Waals surface area contributed by atoms with E-state index < -0.39 is 54.3 Å². The number of carbonyl (C=O) groups is 1. The van der Waals surface area contributed by atoms with Crippen molar-refractivity contribution >= 4 is 5.91 Å². The van der Waals surface area contributed by atoms with E-state index in [4.69, 9.17) is 0 Å². The van der Waals surface area contributed by atoms with Crippen molar-refractivity contribution in [2.75, 3.05) is 0 Å². The number of nitrogens with two attached hydrogens (primary N) is 1. The van der Waals surface area contributed by atoms with Gasteiger partial charge in [0.05, 0.1) is 0 Å². The molecule has 0 aliphatic rings. The third kappa shape index (κ3) is 4.83. The van der Waals surface area contributed by atoms with Crippen molar-refractivity contribution in [3.63, 3.8) is 0 Å². The zero-order valence-corrected chi connectivity index (χ0v) is 13.2. The van der Waals surface area contributed by atoms with Gasteiger partial charge in [-0.3, -0.25) is 19.7 Å². The molecule has 0 saturated heterocycles. The fourth-order valence-corrected chi connectivity index (χ4v) is 1.26. The first kappa shape index (κ1) is 29.2. The van der Waals surface area contributed by atoms with Crippen LogP contribution in [0.3, 0.4) is 0 Å². The highest BCUT2D eigenvalue weighted by Gasteiger charge is 2.85. The van der Waals surface area contributed by atoms with Crippen LogP contribution in [-0.4, -0.2) is 54.3 Å². The van der Waals surface area contributed by atoms with Crippen LogP contribution in [0.15, 0.2) is 0 Å². The summed E-state index contributed by atoms with van der Waals surface area (Å²) in [7, 11) is 0. The van der Waals surface area contributed by atoms with Crippen LogP contribution >= 0.6 is 0 Å². The number of nitrogens with one attached hydrogen (secondary N) is 1. The van der Waals surface area contributed by atoms with E-state index in [1.54, 1.807) is 4.74 Å². The Balaban J connectivity index is 6.69. The maximum absolute atomic E-state index is 13.7. The summed E-state index contributed by atoms with van der Waals surface area (Å²) in [5, 5.41) is 0. The summed E-state index contributed by atoms with van der Waals surface area (Å²) >= 11 is 0. The first-order valence-electron chi connectivity index (χ1n) is 6.27. The molecule has 0 aliphatic heterocycles. The molecular formula is C9H3F17N2O3. The number of halogens is 17.